The van der Waals surface area contributed by atoms with Gasteiger partial charge in [0.05, 0.1) is 17.6 Å². The second kappa shape index (κ2) is 5.82. The minimum Gasteiger partial charge on any atom is -0.497 e. The van der Waals surface area contributed by atoms with Crippen LogP contribution in [-0.2, 0) is 0 Å². The molecular formula is C12H9N3O6. The van der Waals surface area contributed by atoms with Crippen molar-refractivity contribution in [2.45, 2.75) is 0 Å². The van der Waals surface area contributed by atoms with E-state index in [0.29, 0.717) is 5.75 Å². The molecule has 0 saturated heterocycles. The lowest BCUT2D eigenvalue weighted by Gasteiger charge is -2.06. The molecule has 1 aromatic carbocycles. The number of hydrogen-bond donors (Lipinski definition) is 1. The van der Waals surface area contributed by atoms with Crippen LogP contribution in [0.3, 0.4) is 0 Å². The molecule has 21 heavy (non-hydrogen) atoms. The van der Waals surface area contributed by atoms with Crippen molar-refractivity contribution in [3.63, 3.8) is 0 Å². The highest BCUT2D eigenvalue weighted by molar-refractivity contribution is 5.86. The summed E-state index contributed by atoms with van der Waals surface area (Å²) in [5.74, 6) is -0.936. The van der Waals surface area contributed by atoms with Crippen LogP contribution in [0.15, 0.2) is 30.6 Å². The fourth-order valence-corrected chi connectivity index (χ4v) is 1.43. The standard InChI is InChI=1S/C12H9N3O6/c1-20-8-2-3-9(15(18)19)10(4-8)21-12-13-5-7(6-14-12)11(16)17/h2-6H,1H3,(H,16,17). The van der Waals surface area contributed by atoms with Crippen LogP contribution in [0.1, 0.15) is 10.4 Å². The quantitative estimate of drug-likeness (QED) is 0.653. The summed E-state index contributed by atoms with van der Waals surface area (Å²) in [5.41, 5.74) is -0.413. The molecule has 0 radical (unpaired) electrons. The number of aromatic carboxylic acids is 1. The number of benzene rings is 1. The lowest BCUT2D eigenvalue weighted by Crippen LogP contribution is -2.01. The van der Waals surface area contributed by atoms with Crippen molar-refractivity contribution in [3.05, 3.63) is 46.3 Å². The van der Waals surface area contributed by atoms with Crippen LogP contribution in [0.5, 0.6) is 17.5 Å². The fraction of sp³-hybridized carbons (Fsp3) is 0.0833. The van der Waals surface area contributed by atoms with E-state index in [1.165, 1.54) is 25.3 Å². The molecule has 108 valence electrons. The predicted octanol–water partition coefficient (Wildman–Crippen LogP) is 1.88. The third-order valence-corrected chi connectivity index (χ3v) is 2.44. The second-order valence-electron chi connectivity index (χ2n) is 3.75. The number of carbonyl (C=O) groups is 1. The Balaban J connectivity index is 2.33. The Morgan fingerprint density at radius 2 is 2.00 bits per heavy atom. The number of rotatable bonds is 5. The van der Waals surface area contributed by atoms with E-state index in [9.17, 15) is 14.9 Å². The molecule has 0 bridgehead atoms. The third-order valence-electron chi connectivity index (χ3n) is 2.44. The summed E-state index contributed by atoms with van der Waals surface area (Å²) in [7, 11) is 1.41. The molecule has 1 heterocycles. The van der Waals surface area contributed by atoms with Crippen molar-refractivity contribution >= 4 is 11.7 Å². The summed E-state index contributed by atoms with van der Waals surface area (Å²) in [5, 5.41) is 19.6. The highest BCUT2D eigenvalue weighted by Gasteiger charge is 2.18. The average molecular weight is 291 g/mol. The maximum atomic E-state index is 10.9. The average Bonchev–Trinajstić information content (AvgIpc) is 2.47. The summed E-state index contributed by atoms with van der Waals surface area (Å²) in [6.07, 6.45) is 2.08. The second-order valence-corrected chi connectivity index (χ2v) is 3.75. The largest absolute Gasteiger partial charge is 0.497 e. The third kappa shape index (κ3) is 3.21. The van der Waals surface area contributed by atoms with Crippen LogP contribution in [0.4, 0.5) is 5.69 Å². The fourth-order valence-electron chi connectivity index (χ4n) is 1.43. The van der Waals surface area contributed by atoms with Crippen LogP contribution in [-0.4, -0.2) is 33.1 Å². The van der Waals surface area contributed by atoms with Crippen LogP contribution in [0, 0.1) is 10.1 Å². The molecule has 0 aliphatic rings. The lowest BCUT2D eigenvalue weighted by molar-refractivity contribution is -0.385. The zero-order chi connectivity index (χ0) is 15.4. The zero-order valence-electron chi connectivity index (χ0n) is 10.7. The van der Waals surface area contributed by atoms with Gasteiger partial charge in [-0.05, 0) is 6.07 Å². The normalized spacial score (nSPS) is 9.95. The van der Waals surface area contributed by atoms with E-state index in [1.807, 2.05) is 0 Å². The van der Waals surface area contributed by atoms with Gasteiger partial charge in [-0.1, -0.05) is 0 Å². The van der Waals surface area contributed by atoms with E-state index >= 15 is 0 Å². The van der Waals surface area contributed by atoms with Crippen molar-refractivity contribution in [1.82, 2.24) is 9.97 Å². The first kappa shape index (κ1) is 14.2. The van der Waals surface area contributed by atoms with Crippen molar-refractivity contribution in [2.75, 3.05) is 7.11 Å². The Bertz CT molecular complexity index is 686. The molecule has 0 saturated carbocycles. The van der Waals surface area contributed by atoms with Gasteiger partial charge in [0.25, 0.3) is 0 Å². The monoisotopic (exact) mass is 291 g/mol. The van der Waals surface area contributed by atoms with Crippen molar-refractivity contribution in [3.8, 4) is 17.5 Å². The van der Waals surface area contributed by atoms with Gasteiger partial charge in [0.2, 0.25) is 5.75 Å². The van der Waals surface area contributed by atoms with Gasteiger partial charge < -0.3 is 14.6 Å². The first-order valence-corrected chi connectivity index (χ1v) is 5.57. The maximum absolute atomic E-state index is 10.9. The molecule has 0 unspecified atom stereocenters. The SMILES string of the molecule is COc1ccc([N+](=O)[O-])c(Oc2ncc(C(=O)O)cn2)c1. The van der Waals surface area contributed by atoms with Crippen molar-refractivity contribution in [1.29, 1.82) is 0 Å². The maximum Gasteiger partial charge on any atom is 0.338 e. The number of carboxylic acid groups (broad SMARTS) is 1. The Labute approximate surface area is 117 Å². The van der Waals surface area contributed by atoms with Gasteiger partial charge in [-0.15, -0.1) is 0 Å². The van der Waals surface area contributed by atoms with E-state index < -0.39 is 10.9 Å². The molecule has 2 rings (SSSR count). The van der Waals surface area contributed by atoms with E-state index in [2.05, 4.69) is 9.97 Å². The number of carboxylic acids is 1. The number of aromatic nitrogens is 2. The highest BCUT2D eigenvalue weighted by Crippen LogP contribution is 2.33. The van der Waals surface area contributed by atoms with Crippen LogP contribution in [0.25, 0.3) is 0 Å². The van der Waals surface area contributed by atoms with E-state index in [1.54, 1.807) is 0 Å². The Hall–Kier alpha value is -3.23. The topological polar surface area (TPSA) is 125 Å². The molecule has 0 amide bonds. The Kier molecular flexibility index (Phi) is 3.93. The molecular weight excluding hydrogens is 282 g/mol. The Morgan fingerprint density at radius 1 is 1.33 bits per heavy atom. The van der Waals surface area contributed by atoms with Crippen molar-refractivity contribution < 1.29 is 24.3 Å². The number of methoxy groups -OCH3 is 1. The summed E-state index contributed by atoms with van der Waals surface area (Å²) < 4.78 is 10.2. The van der Waals surface area contributed by atoms with Crippen LogP contribution < -0.4 is 9.47 Å². The van der Waals surface area contributed by atoms with Gasteiger partial charge in [-0.25, -0.2) is 14.8 Å². The van der Waals surface area contributed by atoms with Crippen LogP contribution in [0.2, 0.25) is 0 Å². The minimum atomic E-state index is -1.19. The van der Waals surface area contributed by atoms with E-state index in [4.69, 9.17) is 14.6 Å². The zero-order valence-corrected chi connectivity index (χ0v) is 10.7. The number of ether oxygens (including phenoxy) is 2. The predicted molar refractivity (Wildman–Crippen MR) is 68.7 cm³/mol. The molecule has 2 aromatic rings. The molecule has 0 fully saturated rings. The van der Waals surface area contributed by atoms with E-state index in [-0.39, 0.29) is 23.0 Å². The number of nitrogens with zero attached hydrogens (tertiary/aromatic N) is 3. The smallest absolute Gasteiger partial charge is 0.338 e. The highest BCUT2D eigenvalue weighted by atomic mass is 16.6. The summed E-state index contributed by atoms with van der Waals surface area (Å²) in [6, 6.07) is 3.74. The molecule has 9 nitrogen and oxygen atoms in total. The van der Waals surface area contributed by atoms with Crippen molar-refractivity contribution in [2.24, 2.45) is 0 Å². The minimum absolute atomic E-state index is 0.109. The summed E-state index contributed by atoms with van der Waals surface area (Å²) >= 11 is 0. The van der Waals surface area contributed by atoms with Gasteiger partial charge in [-0.2, -0.15) is 0 Å². The summed E-state index contributed by atoms with van der Waals surface area (Å²) in [4.78, 5) is 28.3. The molecule has 0 spiro atoms. The first-order chi connectivity index (χ1) is 10.0. The van der Waals surface area contributed by atoms with Crippen LogP contribution >= 0.6 is 0 Å². The summed E-state index contributed by atoms with van der Waals surface area (Å²) in [6.45, 7) is 0. The van der Waals surface area contributed by atoms with Gasteiger partial charge in [0.1, 0.15) is 5.75 Å². The number of nitro groups is 1. The Morgan fingerprint density at radius 3 is 2.52 bits per heavy atom. The number of nitro benzene ring substituents is 1. The first-order valence-electron chi connectivity index (χ1n) is 5.57. The van der Waals surface area contributed by atoms with Gasteiger partial charge >= 0.3 is 17.7 Å². The van der Waals surface area contributed by atoms with Gasteiger partial charge in [-0.3, -0.25) is 10.1 Å². The molecule has 0 aliphatic carbocycles. The van der Waals surface area contributed by atoms with Gasteiger partial charge in [0.15, 0.2) is 0 Å². The molecule has 1 N–H and O–H groups in total. The molecule has 0 aliphatic heterocycles. The van der Waals surface area contributed by atoms with E-state index in [0.717, 1.165) is 12.4 Å². The molecule has 1 aromatic heterocycles. The molecule has 9 heteroatoms. The van der Waals surface area contributed by atoms with Gasteiger partial charge in [0, 0.05) is 24.5 Å². The lowest BCUT2D eigenvalue weighted by atomic mass is 10.3. The molecule has 0 atom stereocenters. The number of hydrogen-bond acceptors (Lipinski definition) is 7.